The lowest BCUT2D eigenvalue weighted by molar-refractivity contribution is 0.245. The van der Waals surface area contributed by atoms with Gasteiger partial charge < -0.3 is 0 Å². The minimum absolute atomic E-state index is 0.423. The Morgan fingerprint density at radius 1 is 1.33 bits per heavy atom. The second-order valence-corrected chi connectivity index (χ2v) is 4.82. The van der Waals surface area contributed by atoms with Crippen molar-refractivity contribution in [3.05, 3.63) is 12.2 Å². The summed E-state index contributed by atoms with van der Waals surface area (Å²) in [6.45, 7) is 15.6. The molecule has 0 N–H and O–H groups in total. The maximum Gasteiger partial charge on any atom is -0.0269 e. The Labute approximate surface area is 78.1 Å². The number of allylic oxidation sites excluding steroid dienone is 1. The Morgan fingerprint density at radius 2 is 1.83 bits per heavy atom. The third-order valence-corrected chi connectivity index (χ3v) is 2.87. The fourth-order valence-electron chi connectivity index (χ4n) is 1.29. The molecule has 0 heterocycles. The Morgan fingerprint density at radius 3 is 2.17 bits per heavy atom. The highest BCUT2D eigenvalue weighted by molar-refractivity contribution is 4.98. The fraction of sp³-hybridized carbons (Fsp3) is 0.833. The van der Waals surface area contributed by atoms with Crippen LogP contribution in [0.2, 0.25) is 0 Å². The molecule has 0 atom stereocenters. The first-order valence-corrected chi connectivity index (χ1v) is 5.06. The van der Waals surface area contributed by atoms with E-state index >= 15 is 0 Å². The second-order valence-electron chi connectivity index (χ2n) is 4.82. The lowest BCUT2D eigenvalue weighted by Crippen LogP contribution is -2.19. The molecule has 12 heavy (non-hydrogen) atoms. The molecule has 0 radical (unpaired) electrons. The molecule has 72 valence electrons. The molecule has 0 aromatic rings. The Hall–Kier alpha value is -0.260. The van der Waals surface area contributed by atoms with E-state index in [1.165, 1.54) is 24.8 Å². The van der Waals surface area contributed by atoms with Crippen LogP contribution in [0, 0.1) is 11.3 Å². The first-order valence-electron chi connectivity index (χ1n) is 5.06. The minimum Gasteiger partial charge on any atom is -0.0998 e. The molecule has 0 bridgehead atoms. The van der Waals surface area contributed by atoms with E-state index in [0.29, 0.717) is 5.41 Å². The molecule has 0 unspecified atom stereocenters. The van der Waals surface area contributed by atoms with Gasteiger partial charge in [-0.25, -0.2) is 0 Å². The number of hydrogen-bond acceptors (Lipinski definition) is 0. The lowest BCUT2D eigenvalue weighted by Gasteiger charge is -2.30. The molecule has 0 aliphatic carbocycles. The maximum absolute atomic E-state index is 4.11. The van der Waals surface area contributed by atoms with Crippen LogP contribution in [0.5, 0.6) is 0 Å². The molecular weight excluding hydrogens is 144 g/mol. The summed E-state index contributed by atoms with van der Waals surface area (Å²) in [7, 11) is 0. The van der Waals surface area contributed by atoms with Gasteiger partial charge in [0.2, 0.25) is 0 Å². The summed E-state index contributed by atoms with van der Waals surface area (Å²) in [5.41, 5.74) is 1.84. The average molecular weight is 168 g/mol. The van der Waals surface area contributed by atoms with Crippen LogP contribution in [0.15, 0.2) is 12.2 Å². The van der Waals surface area contributed by atoms with E-state index < -0.39 is 0 Å². The van der Waals surface area contributed by atoms with Gasteiger partial charge in [0.1, 0.15) is 0 Å². The molecule has 0 aliphatic heterocycles. The second kappa shape index (κ2) is 4.69. The molecule has 0 aliphatic rings. The van der Waals surface area contributed by atoms with Gasteiger partial charge in [0.05, 0.1) is 0 Å². The van der Waals surface area contributed by atoms with E-state index in [9.17, 15) is 0 Å². The third-order valence-electron chi connectivity index (χ3n) is 2.87. The zero-order valence-electron chi connectivity index (χ0n) is 9.41. The lowest BCUT2D eigenvalue weighted by atomic mass is 9.76. The zero-order valence-corrected chi connectivity index (χ0v) is 9.41. The van der Waals surface area contributed by atoms with Gasteiger partial charge in [-0.05, 0) is 24.2 Å². The molecule has 0 heteroatoms. The van der Waals surface area contributed by atoms with E-state index in [1.54, 1.807) is 0 Å². The van der Waals surface area contributed by atoms with Crippen molar-refractivity contribution in [3.63, 3.8) is 0 Å². The highest BCUT2D eigenvalue weighted by Crippen LogP contribution is 2.33. The van der Waals surface area contributed by atoms with Gasteiger partial charge in [-0.2, -0.15) is 0 Å². The first kappa shape index (κ1) is 11.7. The van der Waals surface area contributed by atoms with Crippen molar-refractivity contribution in [3.8, 4) is 0 Å². The Bertz CT molecular complexity index is 140. The summed E-state index contributed by atoms with van der Waals surface area (Å²) in [6.07, 6.45) is 3.60. The smallest absolute Gasteiger partial charge is 0.0269 e. The maximum atomic E-state index is 4.11. The molecule has 0 rings (SSSR count). The van der Waals surface area contributed by atoms with Crippen LogP contribution in [0.4, 0.5) is 0 Å². The highest BCUT2D eigenvalue weighted by Gasteiger charge is 2.22. The third kappa shape index (κ3) is 3.94. The molecule has 0 saturated carbocycles. The Kier molecular flexibility index (Phi) is 4.59. The minimum atomic E-state index is 0.423. The summed E-state index contributed by atoms with van der Waals surface area (Å²) in [4.78, 5) is 0. The van der Waals surface area contributed by atoms with E-state index in [4.69, 9.17) is 0 Å². The first-order chi connectivity index (χ1) is 5.40. The van der Waals surface area contributed by atoms with Crippen LogP contribution in [0.1, 0.15) is 53.9 Å². The van der Waals surface area contributed by atoms with Gasteiger partial charge in [0, 0.05) is 0 Å². The molecule has 0 fully saturated rings. The van der Waals surface area contributed by atoms with Gasteiger partial charge in [-0.3, -0.25) is 0 Å². The summed E-state index contributed by atoms with van der Waals surface area (Å²) < 4.78 is 0. The van der Waals surface area contributed by atoms with Crippen molar-refractivity contribution in [1.29, 1.82) is 0 Å². The van der Waals surface area contributed by atoms with Gasteiger partial charge >= 0.3 is 0 Å². The largest absolute Gasteiger partial charge is 0.0998 e. The topological polar surface area (TPSA) is 0 Å². The molecule has 0 aromatic carbocycles. The monoisotopic (exact) mass is 168 g/mol. The van der Waals surface area contributed by atoms with Crippen molar-refractivity contribution in [1.82, 2.24) is 0 Å². The van der Waals surface area contributed by atoms with Crippen LogP contribution in [0.25, 0.3) is 0 Å². The van der Waals surface area contributed by atoms with Crippen LogP contribution in [-0.4, -0.2) is 0 Å². The molecule has 0 nitrogen and oxygen atoms in total. The van der Waals surface area contributed by atoms with E-state index in [2.05, 4.69) is 41.2 Å². The Balaban J connectivity index is 3.97. The predicted octanol–water partition coefficient (Wildman–Crippen LogP) is 4.42. The van der Waals surface area contributed by atoms with Gasteiger partial charge in [0.25, 0.3) is 0 Å². The van der Waals surface area contributed by atoms with Crippen molar-refractivity contribution in [2.75, 3.05) is 0 Å². The molecule has 0 aromatic heterocycles. The molecular formula is C12H24. The predicted molar refractivity (Wildman–Crippen MR) is 57.3 cm³/mol. The van der Waals surface area contributed by atoms with Crippen molar-refractivity contribution >= 4 is 0 Å². The van der Waals surface area contributed by atoms with Gasteiger partial charge in [0.15, 0.2) is 0 Å². The fourth-order valence-corrected chi connectivity index (χ4v) is 1.29. The SMILES string of the molecule is C=C(CCC)CC(C)(C)C(C)C. The van der Waals surface area contributed by atoms with Crippen molar-refractivity contribution in [2.45, 2.75) is 53.9 Å². The molecule has 0 spiro atoms. The van der Waals surface area contributed by atoms with Crippen LogP contribution in [-0.2, 0) is 0 Å². The molecule has 0 amide bonds. The van der Waals surface area contributed by atoms with E-state index in [-0.39, 0.29) is 0 Å². The normalized spacial score (nSPS) is 12.2. The average Bonchev–Trinajstić information content (AvgIpc) is 1.85. The number of rotatable bonds is 5. The summed E-state index contributed by atoms with van der Waals surface area (Å²) in [5.74, 6) is 0.742. The quantitative estimate of drug-likeness (QED) is 0.533. The van der Waals surface area contributed by atoms with Gasteiger partial charge in [-0.15, -0.1) is 0 Å². The van der Waals surface area contributed by atoms with Gasteiger partial charge in [-0.1, -0.05) is 53.2 Å². The standard InChI is InChI=1S/C12H24/c1-7-8-11(4)9-12(5,6)10(2)3/h10H,4,7-9H2,1-3,5-6H3. The van der Waals surface area contributed by atoms with Crippen molar-refractivity contribution in [2.24, 2.45) is 11.3 Å². The van der Waals surface area contributed by atoms with E-state index in [1.807, 2.05) is 0 Å². The summed E-state index contributed by atoms with van der Waals surface area (Å²) in [6, 6.07) is 0. The summed E-state index contributed by atoms with van der Waals surface area (Å²) in [5, 5.41) is 0. The van der Waals surface area contributed by atoms with Crippen LogP contribution >= 0.6 is 0 Å². The van der Waals surface area contributed by atoms with Crippen molar-refractivity contribution < 1.29 is 0 Å². The summed E-state index contributed by atoms with van der Waals surface area (Å²) >= 11 is 0. The molecule has 0 saturated heterocycles. The number of hydrogen-bond donors (Lipinski definition) is 0. The van der Waals surface area contributed by atoms with E-state index in [0.717, 1.165) is 5.92 Å². The van der Waals surface area contributed by atoms with Crippen LogP contribution in [0.3, 0.4) is 0 Å². The zero-order chi connectivity index (χ0) is 9.78. The highest BCUT2D eigenvalue weighted by atomic mass is 14.3. The van der Waals surface area contributed by atoms with Crippen LogP contribution < -0.4 is 0 Å².